The Balaban J connectivity index is 1.17. The molecule has 3 atom stereocenters. The van der Waals surface area contributed by atoms with Crippen LogP contribution >= 0.6 is 0 Å². The molecule has 196 valence electrons. The number of halogens is 1. The van der Waals surface area contributed by atoms with Gasteiger partial charge in [0.2, 0.25) is 5.91 Å². The van der Waals surface area contributed by atoms with E-state index in [4.69, 9.17) is 4.74 Å². The van der Waals surface area contributed by atoms with Crippen LogP contribution in [0.1, 0.15) is 42.1 Å². The first kappa shape index (κ1) is 25.2. The summed E-state index contributed by atoms with van der Waals surface area (Å²) in [7, 11) is 0. The number of benzene rings is 2. The Morgan fingerprint density at radius 1 is 1.11 bits per heavy atom. The minimum absolute atomic E-state index is 0.0119. The highest BCUT2D eigenvalue weighted by Gasteiger charge is 2.34. The largest absolute Gasteiger partial charge is 0.442 e. The molecule has 0 spiro atoms. The molecule has 0 radical (unpaired) electrons. The molecule has 0 aromatic heterocycles. The van der Waals surface area contributed by atoms with Crippen LogP contribution in [0.25, 0.3) is 0 Å². The number of carbonyl (C=O) groups excluding carboxylic acids is 3. The van der Waals surface area contributed by atoms with Crippen LogP contribution in [0, 0.1) is 11.7 Å². The third kappa shape index (κ3) is 5.32. The van der Waals surface area contributed by atoms with Gasteiger partial charge in [-0.05, 0) is 36.1 Å². The van der Waals surface area contributed by atoms with Crippen molar-refractivity contribution in [1.82, 2.24) is 10.2 Å². The fourth-order valence-corrected chi connectivity index (χ4v) is 5.69. The molecule has 2 fully saturated rings. The van der Waals surface area contributed by atoms with Gasteiger partial charge in [0, 0.05) is 51.1 Å². The highest BCUT2D eigenvalue weighted by atomic mass is 19.1. The average Bonchev–Trinajstić information content (AvgIpc) is 3.27. The summed E-state index contributed by atoms with van der Waals surface area (Å²) in [5, 5.41) is 2.64. The van der Waals surface area contributed by atoms with Gasteiger partial charge in [-0.2, -0.15) is 0 Å². The fourth-order valence-electron chi connectivity index (χ4n) is 5.69. The number of nitrogens with one attached hydrogen (secondary N) is 1. The summed E-state index contributed by atoms with van der Waals surface area (Å²) in [4.78, 5) is 42.2. The lowest BCUT2D eigenvalue weighted by atomic mass is 9.76. The SMILES string of the molecule is CC(=O)NC[C@H]1CN(c2ccc(N3CCN(CC4CC(C)c5ccccc5C4=O)CC3)c(F)c2)C(=O)O1. The highest BCUT2D eigenvalue weighted by molar-refractivity contribution is 6.00. The number of piperazine rings is 1. The van der Waals surface area contributed by atoms with Gasteiger partial charge in [-0.25, -0.2) is 9.18 Å². The quantitative estimate of drug-likeness (QED) is 0.644. The third-order valence-corrected chi connectivity index (χ3v) is 7.65. The number of nitrogens with zero attached hydrogens (tertiary/aromatic N) is 3. The van der Waals surface area contributed by atoms with Crippen LogP contribution in [-0.4, -0.2) is 74.6 Å². The van der Waals surface area contributed by atoms with E-state index in [2.05, 4.69) is 23.2 Å². The predicted molar refractivity (Wildman–Crippen MR) is 139 cm³/mol. The van der Waals surface area contributed by atoms with E-state index in [0.29, 0.717) is 30.4 Å². The summed E-state index contributed by atoms with van der Waals surface area (Å²) in [6, 6.07) is 12.7. The van der Waals surface area contributed by atoms with Gasteiger partial charge in [0.15, 0.2) is 5.78 Å². The Bertz CT molecular complexity index is 1200. The smallest absolute Gasteiger partial charge is 0.414 e. The number of ketones is 1. The third-order valence-electron chi connectivity index (χ3n) is 7.65. The molecule has 2 saturated heterocycles. The van der Waals surface area contributed by atoms with Crippen molar-refractivity contribution in [3.05, 3.63) is 59.4 Å². The van der Waals surface area contributed by atoms with Crippen molar-refractivity contribution in [2.75, 3.05) is 55.6 Å². The molecule has 2 unspecified atom stereocenters. The molecule has 2 aromatic rings. The van der Waals surface area contributed by atoms with E-state index < -0.39 is 18.0 Å². The van der Waals surface area contributed by atoms with E-state index in [-0.39, 0.29) is 30.7 Å². The van der Waals surface area contributed by atoms with Crippen molar-refractivity contribution in [3.8, 4) is 0 Å². The summed E-state index contributed by atoms with van der Waals surface area (Å²) in [5.41, 5.74) is 2.94. The van der Waals surface area contributed by atoms with Crippen molar-refractivity contribution in [1.29, 1.82) is 0 Å². The number of hydrogen-bond acceptors (Lipinski definition) is 6. The first-order chi connectivity index (χ1) is 17.8. The summed E-state index contributed by atoms with van der Waals surface area (Å²) >= 11 is 0. The topological polar surface area (TPSA) is 82.2 Å². The molecule has 2 heterocycles. The van der Waals surface area contributed by atoms with Crippen molar-refractivity contribution < 1.29 is 23.5 Å². The minimum atomic E-state index is -0.551. The zero-order chi connectivity index (χ0) is 26.1. The Labute approximate surface area is 216 Å². The van der Waals surface area contributed by atoms with Crippen LogP contribution in [0.3, 0.4) is 0 Å². The maximum Gasteiger partial charge on any atom is 0.414 e. The summed E-state index contributed by atoms with van der Waals surface area (Å²) in [6.07, 6.45) is -0.165. The number of rotatable bonds is 6. The van der Waals surface area contributed by atoms with Gasteiger partial charge in [-0.3, -0.25) is 19.4 Å². The lowest BCUT2D eigenvalue weighted by Crippen LogP contribution is -2.49. The zero-order valence-corrected chi connectivity index (χ0v) is 21.3. The van der Waals surface area contributed by atoms with E-state index in [9.17, 15) is 14.4 Å². The minimum Gasteiger partial charge on any atom is -0.442 e. The number of cyclic esters (lactones) is 1. The maximum atomic E-state index is 15.1. The predicted octanol–water partition coefficient (Wildman–Crippen LogP) is 3.42. The van der Waals surface area contributed by atoms with Crippen LogP contribution in [0.15, 0.2) is 42.5 Å². The van der Waals surface area contributed by atoms with Gasteiger partial charge in [0.25, 0.3) is 0 Å². The Kier molecular flexibility index (Phi) is 7.15. The van der Waals surface area contributed by atoms with E-state index in [1.165, 1.54) is 17.9 Å². The van der Waals surface area contributed by atoms with Crippen LogP contribution < -0.4 is 15.1 Å². The second kappa shape index (κ2) is 10.5. The Morgan fingerprint density at radius 3 is 2.59 bits per heavy atom. The van der Waals surface area contributed by atoms with Gasteiger partial charge >= 0.3 is 6.09 Å². The molecular weight excluding hydrogens is 475 g/mol. The van der Waals surface area contributed by atoms with Crippen LogP contribution in [0.5, 0.6) is 0 Å². The van der Waals surface area contributed by atoms with Gasteiger partial charge in [0.1, 0.15) is 11.9 Å². The average molecular weight is 509 g/mol. The number of Topliss-reactive ketones (excluding diaryl/α,β-unsaturated/α-hetero) is 1. The molecular formula is C28H33FN4O4. The molecule has 2 aliphatic heterocycles. The molecule has 9 heteroatoms. The second-order valence-corrected chi connectivity index (χ2v) is 10.3. The molecule has 5 rings (SSSR count). The van der Waals surface area contributed by atoms with Gasteiger partial charge in [-0.1, -0.05) is 31.2 Å². The molecule has 2 aromatic carbocycles. The molecule has 2 amide bonds. The van der Waals surface area contributed by atoms with Crippen molar-refractivity contribution in [2.45, 2.75) is 32.3 Å². The number of anilines is 2. The van der Waals surface area contributed by atoms with Gasteiger partial charge in [-0.15, -0.1) is 0 Å². The molecule has 37 heavy (non-hydrogen) atoms. The van der Waals surface area contributed by atoms with Gasteiger partial charge in [0.05, 0.1) is 24.5 Å². The Hall–Kier alpha value is -3.46. The summed E-state index contributed by atoms with van der Waals surface area (Å²) < 4.78 is 20.4. The van der Waals surface area contributed by atoms with Crippen LogP contribution in [0.4, 0.5) is 20.6 Å². The monoisotopic (exact) mass is 508 g/mol. The first-order valence-electron chi connectivity index (χ1n) is 12.9. The van der Waals surface area contributed by atoms with Crippen molar-refractivity contribution >= 4 is 29.2 Å². The number of fused-ring (bicyclic) bond motifs is 1. The summed E-state index contributed by atoms with van der Waals surface area (Å²) in [5.74, 6) is -0.00628. The van der Waals surface area contributed by atoms with Crippen LogP contribution in [-0.2, 0) is 9.53 Å². The number of carbonyl (C=O) groups is 3. The maximum absolute atomic E-state index is 15.1. The standard InChI is InChI=1S/C28H33FN4O4/c1-18-13-20(27(35)24-6-4-3-5-23(18)24)16-31-9-11-32(12-10-31)26-8-7-21(14-25(26)29)33-17-22(37-28(33)36)15-30-19(2)34/h3-8,14,18,20,22H,9-13,15-17H2,1-2H3,(H,30,34)/t18?,20?,22-/m0/s1. The summed E-state index contributed by atoms with van der Waals surface area (Å²) in [6.45, 7) is 7.62. The fraction of sp³-hybridized carbons (Fsp3) is 0.464. The molecule has 0 bridgehead atoms. The normalized spacial score (nSPS) is 24.1. The van der Waals surface area contributed by atoms with E-state index in [1.54, 1.807) is 12.1 Å². The van der Waals surface area contributed by atoms with E-state index >= 15 is 4.39 Å². The van der Waals surface area contributed by atoms with Crippen molar-refractivity contribution in [3.63, 3.8) is 0 Å². The Morgan fingerprint density at radius 2 is 1.86 bits per heavy atom. The molecule has 8 nitrogen and oxygen atoms in total. The number of amides is 2. The molecule has 0 saturated carbocycles. The van der Waals surface area contributed by atoms with Crippen LogP contribution in [0.2, 0.25) is 0 Å². The first-order valence-corrected chi connectivity index (χ1v) is 12.9. The van der Waals surface area contributed by atoms with E-state index in [1.807, 2.05) is 23.1 Å². The van der Waals surface area contributed by atoms with E-state index in [0.717, 1.165) is 37.2 Å². The highest BCUT2D eigenvalue weighted by Crippen LogP contribution is 2.35. The number of ether oxygens (including phenoxy) is 1. The van der Waals surface area contributed by atoms with Crippen molar-refractivity contribution in [2.24, 2.45) is 5.92 Å². The second-order valence-electron chi connectivity index (χ2n) is 10.3. The van der Waals surface area contributed by atoms with Gasteiger partial charge < -0.3 is 15.0 Å². The zero-order valence-electron chi connectivity index (χ0n) is 21.3. The lowest BCUT2D eigenvalue weighted by Gasteiger charge is -2.39. The molecule has 1 aliphatic carbocycles. The molecule has 3 aliphatic rings. The molecule has 1 N–H and O–H groups in total. The lowest BCUT2D eigenvalue weighted by molar-refractivity contribution is -0.119. The number of hydrogen-bond donors (Lipinski definition) is 1.